The van der Waals surface area contributed by atoms with Gasteiger partial charge in [-0.25, -0.2) is 0 Å². The van der Waals surface area contributed by atoms with E-state index in [1.54, 1.807) is 6.20 Å². The molecule has 12 rings (SSSR count). The maximum atomic E-state index is 4.62. The van der Waals surface area contributed by atoms with Crippen LogP contribution in [0.1, 0.15) is 59.8 Å². The van der Waals surface area contributed by atoms with E-state index in [1.165, 1.54) is 77.9 Å². The van der Waals surface area contributed by atoms with Crippen LogP contribution in [0.2, 0.25) is 0 Å². The molecule has 4 radical (unpaired) electrons. The minimum absolute atomic E-state index is 0. The van der Waals surface area contributed by atoms with Crippen LogP contribution in [0.3, 0.4) is 0 Å². The summed E-state index contributed by atoms with van der Waals surface area (Å²) in [7, 11) is 0. The molecule has 0 aliphatic heterocycles. The average Bonchev–Trinajstić information content (AvgIpc) is 3.55. The van der Waals surface area contributed by atoms with Crippen molar-refractivity contribution >= 4 is 0 Å². The molecule has 0 N–H and O–H groups in total. The van der Waals surface area contributed by atoms with Crippen LogP contribution < -0.4 is 0 Å². The van der Waals surface area contributed by atoms with Crippen LogP contribution in [0.15, 0.2) is 249 Å². The number of aryl methyl sites for hydroxylation is 6. The standard InChI is InChI=1S/C21H20N.3C19H16N.4Ir/c1-21(2,3)19-12-13-20(22-15-19)18-11-7-10-17(14-18)16-8-5-4-6-9-16;1-14-11-15(2)13-18(12-14)16-6-8-17(9-7-16)19-5-3-4-10-20-19;1-14-11-19(20-13-15(14)2)18-10-6-9-17(12-18)16-7-4-3-5-8-16;1-14-11-15(2)20-19(12-14)18-10-6-9-17(13-18)16-7-4-3-5-8-16;;;;/h4-10,12-15H,1-3H3;3-8,10-13H,1-2H3;2*3-9,11-13H,1-2H3;;;;/q4*-1;;;;. The Balaban J connectivity index is 0.000000206. The van der Waals surface area contributed by atoms with E-state index in [0.717, 1.165) is 50.7 Å². The smallest absolute Gasteiger partial charge is 0.0268 e. The van der Waals surface area contributed by atoms with E-state index in [-0.39, 0.29) is 85.8 Å². The zero-order valence-corrected chi connectivity index (χ0v) is 59.4. The minimum atomic E-state index is 0. The zero-order chi connectivity index (χ0) is 57.4. The number of hydrogen-bond acceptors (Lipinski definition) is 4. The molecule has 0 bridgehead atoms. The number of benzene rings is 8. The molecule has 0 saturated carbocycles. The third-order valence-electron chi connectivity index (χ3n) is 14.0. The molecule has 0 spiro atoms. The molecule has 0 amide bonds. The largest absolute Gasteiger partial charge is 0.305 e. The van der Waals surface area contributed by atoms with Crippen LogP contribution in [-0.2, 0) is 85.8 Å². The fourth-order valence-corrected chi connectivity index (χ4v) is 9.45. The third-order valence-corrected chi connectivity index (χ3v) is 14.0. The summed E-state index contributed by atoms with van der Waals surface area (Å²) in [5, 5.41) is 0. The first-order chi connectivity index (χ1) is 39.7. The van der Waals surface area contributed by atoms with Crippen LogP contribution >= 0.6 is 0 Å². The molecule has 4 aromatic heterocycles. The molecule has 440 valence electrons. The summed E-state index contributed by atoms with van der Waals surface area (Å²) < 4.78 is 0. The summed E-state index contributed by atoms with van der Waals surface area (Å²) in [6.07, 6.45) is 5.70. The second kappa shape index (κ2) is 33.8. The van der Waals surface area contributed by atoms with Crippen molar-refractivity contribution < 1.29 is 80.4 Å². The Morgan fingerprint density at radius 1 is 0.314 bits per heavy atom. The van der Waals surface area contributed by atoms with Crippen molar-refractivity contribution in [1.82, 2.24) is 19.9 Å². The maximum Gasteiger partial charge on any atom is 0.0268 e. The molecule has 0 aliphatic carbocycles. The first-order valence-electron chi connectivity index (χ1n) is 27.8. The monoisotopic (exact) mass is 1830 g/mol. The normalized spacial score (nSPS) is 10.2. The molecule has 8 aromatic carbocycles. The molecule has 86 heavy (non-hydrogen) atoms. The van der Waals surface area contributed by atoms with Crippen molar-refractivity contribution in [2.45, 2.75) is 67.7 Å². The minimum Gasteiger partial charge on any atom is -0.305 e. The van der Waals surface area contributed by atoms with Gasteiger partial charge >= 0.3 is 0 Å². The number of hydrogen-bond donors (Lipinski definition) is 0. The molecule has 0 fully saturated rings. The molecule has 12 aromatic rings. The van der Waals surface area contributed by atoms with Crippen LogP contribution in [0.4, 0.5) is 0 Å². The van der Waals surface area contributed by atoms with Gasteiger partial charge in [-0.1, -0.05) is 200 Å². The van der Waals surface area contributed by atoms with Crippen molar-refractivity contribution in [1.29, 1.82) is 0 Å². The Morgan fingerprint density at radius 3 is 1.23 bits per heavy atom. The Labute approximate surface area is 565 Å². The number of aromatic nitrogens is 4. The summed E-state index contributed by atoms with van der Waals surface area (Å²) >= 11 is 0. The predicted octanol–water partition coefficient (Wildman–Crippen LogP) is 20.0. The van der Waals surface area contributed by atoms with Crippen molar-refractivity contribution in [2.75, 3.05) is 0 Å². The van der Waals surface area contributed by atoms with Crippen molar-refractivity contribution in [2.24, 2.45) is 0 Å². The van der Waals surface area contributed by atoms with Gasteiger partial charge in [0.15, 0.2) is 0 Å². The average molecular weight is 1830 g/mol. The Bertz CT molecular complexity index is 3960. The Kier molecular flexibility index (Phi) is 27.4. The molecular formula is C78H68Ir4N4-4. The topological polar surface area (TPSA) is 51.6 Å². The summed E-state index contributed by atoms with van der Waals surface area (Å²) in [6.45, 7) is 19.2. The van der Waals surface area contributed by atoms with Gasteiger partial charge in [-0.2, -0.15) is 0 Å². The van der Waals surface area contributed by atoms with E-state index in [2.05, 4.69) is 269 Å². The van der Waals surface area contributed by atoms with E-state index in [9.17, 15) is 0 Å². The summed E-state index contributed by atoms with van der Waals surface area (Å²) in [4.78, 5) is 18.1. The van der Waals surface area contributed by atoms with Crippen LogP contribution in [-0.4, -0.2) is 19.9 Å². The molecule has 4 heterocycles. The summed E-state index contributed by atoms with van der Waals surface area (Å²) in [6, 6.07) is 92.3. The van der Waals surface area contributed by atoms with Gasteiger partial charge in [0, 0.05) is 105 Å². The van der Waals surface area contributed by atoms with Crippen molar-refractivity contribution in [3.05, 3.63) is 312 Å². The Hall–Kier alpha value is -7.04. The zero-order valence-electron chi connectivity index (χ0n) is 49.8. The SMILES string of the molecule is CC(C)(C)c1ccc(-c2[c-]ccc(-c3ccccc3)c2)nc1.Cc1cc(C)cc(-c2c[c-]c(-c3ccccn3)cc2)c1.Cc1cc(C)nc(-c2[c-]ccc(-c3ccccc3)c2)c1.Cc1cnc(-c2[c-]ccc(-c3ccccc3)c2)cc1C.[Ir].[Ir].[Ir].[Ir]. The fraction of sp³-hybridized carbons (Fsp3) is 0.128. The molecule has 8 heteroatoms. The van der Waals surface area contributed by atoms with E-state index >= 15 is 0 Å². The summed E-state index contributed by atoms with van der Waals surface area (Å²) in [5.74, 6) is 0. The Morgan fingerprint density at radius 2 is 0.791 bits per heavy atom. The number of rotatable bonds is 8. The van der Waals surface area contributed by atoms with E-state index in [1.807, 2.05) is 80.0 Å². The summed E-state index contributed by atoms with van der Waals surface area (Å²) in [5.41, 5.74) is 26.4. The maximum absolute atomic E-state index is 4.62. The first-order valence-corrected chi connectivity index (χ1v) is 27.8. The van der Waals surface area contributed by atoms with Crippen molar-refractivity contribution in [3.8, 4) is 89.5 Å². The van der Waals surface area contributed by atoms with Gasteiger partial charge in [0.05, 0.1) is 0 Å². The first kappa shape index (κ1) is 69.7. The van der Waals surface area contributed by atoms with Gasteiger partial charge in [-0.15, -0.1) is 136 Å². The number of pyridine rings is 4. The molecule has 0 aliphatic rings. The van der Waals surface area contributed by atoms with E-state index in [4.69, 9.17) is 0 Å². The van der Waals surface area contributed by atoms with E-state index < -0.39 is 0 Å². The van der Waals surface area contributed by atoms with Gasteiger partial charge in [0.2, 0.25) is 0 Å². The fourth-order valence-electron chi connectivity index (χ4n) is 9.45. The van der Waals surface area contributed by atoms with E-state index in [0.29, 0.717) is 0 Å². The number of nitrogens with zero attached hydrogens (tertiary/aromatic N) is 4. The second-order valence-electron chi connectivity index (χ2n) is 21.7. The van der Waals surface area contributed by atoms with Crippen LogP contribution in [0.5, 0.6) is 0 Å². The van der Waals surface area contributed by atoms with Gasteiger partial charge in [-0.3, -0.25) is 0 Å². The predicted molar refractivity (Wildman–Crippen MR) is 343 cm³/mol. The molecule has 0 atom stereocenters. The van der Waals surface area contributed by atoms with Gasteiger partial charge in [0.25, 0.3) is 0 Å². The second-order valence-corrected chi connectivity index (χ2v) is 21.7. The van der Waals surface area contributed by atoms with Crippen LogP contribution in [0, 0.1) is 65.8 Å². The van der Waals surface area contributed by atoms with Gasteiger partial charge in [-0.05, 0) is 110 Å². The molecule has 4 nitrogen and oxygen atoms in total. The van der Waals surface area contributed by atoms with Gasteiger partial charge in [0.1, 0.15) is 0 Å². The quantitative estimate of drug-likeness (QED) is 0.142. The van der Waals surface area contributed by atoms with Crippen molar-refractivity contribution in [3.63, 3.8) is 0 Å². The van der Waals surface area contributed by atoms with Gasteiger partial charge < -0.3 is 19.9 Å². The third kappa shape index (κ3) is 19.7. The molecule has 0 unspecified atom stereocenters. The van der Waals surface area contributed by atoms with Crippen LogP contribution in [0.25, 0.3) is 89.5 Å². The molecular weight excluding hydrogens is 1760 g/mol. The molecule has 0 saturated heterocycles.